The Hall–Kier alpha value is -4.03. The van der Waals surface area contributed by atoms with Crippen LogP contribution in [0.15, 0.2) is 91.0 Å². The maximum absolute atomic E-state index is 12.6. The first-order valence-corrected chi connectivity index (χ1v) is 15.3. The summed E-state index contributed by atoms with van der Waals surface area (Å²) in [6.45, 7) is -0.515. The van der Waals surface area contributed by atoms with Crippen LogP contribution >= 0.6 is 7.82 Å². The van der Waals surface area contributed by atoms with Crippen molar-refractivity contribution >= 4 is 19.8 Å². The van der Waals surface area contributed by atoms with Crippen molar-refractivity contribution in [1.29, 1.82) is 0 Å². The van der Waals surface area contributed by atoms with Crippen LogP contribution in [0, 0.1) is 0 Å². The molecule has 1 aliphatic heterocycles. The molecule has 44 heavy (non-hydrogen) atoms. The number of carboxylic acid groups (broad SMARTS) is 1. The van der Waals surface area contributed by atoms with Gasteiger partial charge in [0, 0.05) is 6.42 Å². The fourth-order valence-electron chi connectivity index (χ4n) is 4.08. The monoisotopic (exact) mass is 627 g/mol. The van der Waals surface area contributed by atoms with Crippen molar-refractivity contribution in [3.05, 3.63) is 102 Å². The molecule has 1 unspecified atom stereocenters. The normalized spacial score (nSPS) is 18.1. The van der Waals surface area contributed by atoms with Gasteiger partial charge in [-0.3, -0.25) is 18.6 Å². The van der Waals surface area contributed by atoms with Gasteiger partial charge in [-0.2, -0.15) is 0 Å². The third-order valence-corrected chi connectivity index (χ3v) is 7.32. The molecule has 0 spiro atoms. The first kappa shape index (κ1) is 32.9. The second kappa shape index (κ2) is 16.2. The molecule has 4 N–H and O–H groups in total. The summed E-state index contributed by atoms with van der Waals surface area (Å²) in [5, 5.41) is 8.81. The maximum atomic E-state index is 12.6. The summed E-state index contributed by atoms with van der Waals surface area (Å²) in [4.78, 5) is 33.4. The molecule has 4 atom stereocenters. The highest BCUT2D eigenvalue weighted by molar-refractivity contribution is 7.47. The molecule has 3 aromatic rings. The van der Waals surface area contributed by atoms with Gasteiger partial charge in [0.25, 0.3) is 0 Å². The molecule has 0 fully saturated rings. The standard InChI is InChI=1S/C31H34NO11P/c32-26(31(34)35)20-41-44(36,37)43-28-14-7-17-38-29(28)21-40-30(33)16-15-23-9-4-5-13-27(23)39-19-22-8-6-12-25(18-22)42-24-10-2-1-3-11-24/h1-14,18,26,28-29H,15-17,19-21,32H2,(H,34,35)(H,36,37)/t26-,28-,29+/m0/s1. The molecule has 0 bridgehead atoms. The maximum Gasteiger partial charge on any atom is 0.472 e. The summed E-state index contributed by atoms with van der Waals surface area (Å²) < 4.78 is 44.9. The van der Waals surface area contributed by atoms with Gasteiger partial charge in [-0.25, -0.2) is 4.57 Å². The molecule has 0 aliphatic carbocycles. The van der Waals surface area contributed by atoms with Crippen LogP contribution in [-0.2, 0) is 45.7 Å². The van der Waals surface area contributed by atoms with Gasteiger partial charge in [0.2, 0.25) is 0 Å². The zero-order valence-electron chi connectivity index (χ0n) is 23.7. The van der Waals surface area contributed by atoms with Crippen molar-refractivity contribution in [3.63, 3.8) is 0 Å². The molecule has 0 radical (unpaired) electrons. The van der Waals surface area contributed by atoms with E-state index in [-0.39, 0.29) is 19.6 Å². The van der Waals surface area contributed by atoms with Crippen molar-refractivity contribution in [3.8, 4) is 17.2 Å². The number of phosphoric ester groups is 1. The average molecular weight is 628 g/mol. The third kappa shape index (κ3) is 10.6. The van der Waals surface area contributed by atoms with E-state index in [4.69, 9.17) is 34.3 Å². The Morgan fingerprint density at radius 3 is 2.57 bits per heavy atom. The lowest BCUT2D eigenvalue weighted by molar-refractivity contribution is -0.150. The molecule has 0 saturated carbocycles. The number of para-hydroxylation sites is 2. The van der Waals surface area contributed by atoms with Gasteiger partial charge in [0.15, 0.2) is 0 Å². The van der Waals surface area contributed by atoms with Gasteiger partial charge in [0.1, 0.15) is 48.7 Å². The summed E-state index contributed by atoms with van der Waals surface area (Å²) in [5.74, 6) is 0.140. The molecular formula is C31H34NO11P. The van der Waals surface area contributed by atoms with Gasteiger partial charge in [-0.1, -0.05) is 60.7 Å². The minimum Gasteiger partial charge on any atom is -0.489 e. The van der Waals surface area contributed by atoms with Crippen LogP contribution < -0.4 is 15.2 Å². The molecule has 13 heteroatoms. The zero-order chi connectivity index (χ0) is 31.4. The number of phosphoric acid groups is 1. The molecule has 0 saturated heterocycles. The van der Waals surface area contributed by atoms with Gasteiger partial charge in [-0.05, 0) is 47.9 Å². The Bertz CT molecular complexity index is 1470. The number of benzene rings is 3. The van der Waals surface area contributed by atoms with Crippen LogP contribution in [0.3, 0.4) is 0 Å². The summed E-state index contributed by atoms with van der Waals surface area (Å²) in [7, 11) is -4.68. The van der Waals surface area contributed by atoms with E-state index in [1.165, 1.54) is 6.08 Å². The number of hydrogen-bond acceptors (Lipinski definition) is 10. The smallest absolute Gasteiger partial charge is 0.472 e. The SMILES string of the molecule is N[C@@H](COP(=O)(O)O[C@H]1C=CCO[C@@H]1COC(=O)CCc1ccccc1OCc1cccc(Oc2ccccc2)c1)C(=O)O. The van der Waals surface area contributed by atoms with Crippen LogP contribution in [0.5, 0.6) is 17.2 Å². The van der Waals surface area contributed by atoms with E-state index in [0.717, 1.165) is 16.9 Å². The lowest BCUT2D eigenvalue weighted by Crippen LogP contribution is -2.38. The molecule has 12 nitrogen and oxygen atoms in total. The number of carboxylic acids is 1. The quantitative estimate of drug-likeness (QED) is 0.116. The van der Waals surface area contributed by atoms with E-state index in [1.807, 2.05) is 78.9 Å². The summed E-state index contributed by atoms with van der Waals surface area (Å²) >= 11 is 0. The fourth-order valence-corrected chi connectivity index (χ4v) is 5.01. The van der Waals surface area contributed by atoms with Crippen molar-refractivity contribution in [2.45, 2.75) is 37.7 Å². The minimum absolute atomic E-state index is 0.0452. The number of hydrogen-bond donors (Lipinski definition) is 3. The lowest BCUT2D eigenvalue weighted by Gasteiger charge is -2.28. The molecule has 3 aromatic carbocycles. The van der Waals surface area contributed by atoms with Gasteiger partial charge in [-0.15, -0.1) is 0 Å². The Morgan fingerprint density at radius 2 is 1.77 bits per heavy atom. The Morgan fingerprint density at radius 1 is 1.02 bits per heavy atom. The second-order valence-corrected chi connectivity index (χ2v) is 11.1. The van der Waals surface area contributed by atoms with Crippen LogP contribution in [0.2, 0.25) is 0 Å². The van der Waals surface area contributed by atoms with Crippen LogP contribution in [0.1, 0.15) is 17.5 Å². The molecule has 234 valence electrons. The second-order valence-electron chi connectivity index (χ2n) is 9.72. The van der Waals surface area contributed by atoms with E-state index < -0.39 is 44.6 Å². The Balaban J connectivity index is 1.25. The average Bonchev–Trinajstić information content (AvgIpc) is 3.02. The largest absolute Gasteiger partial charge is 0.489 e. The molecule has 0 amide bonds. The highest BCUT2D eigenvalue weighted by Gasteiger charge is 2.34. The highest BCUT2D eigenvalue weighted by atomic mass is 31.2. The Labute approximate surface area is 254 Å². The third-order valence-electron chi connectivity index (χ3n) is 6.34. The Kier molecular flexibility index (Phi) is 12.1. The molecule has 4 rings (SSSR count). The number of carbonyl (C=O) groups excluding carboxylic acids is 1. The first-order chi connectivity index (χ1) is 21.2. The predicted molar refractivity (Wildman–Crippen MR) is 158 cm³/mol. The molecule has 1 heterocycles. The summed E-state index contributed by atoms with van der Waals surface area (Å²) in [5.41, 5.74) is 7.02. The van der Waals surface area contributed by atoms with E-state index in [2.05, 4.69) is 4.52 Å². The number of aryl methyl sites for hydroxylation is 1. The van der Waals surface area contributed by atoms with Gasteiger partial charge < -0.3 is 34.7 Å². The molecule has 1 aliphatic rings. The minimum atomic E-state index is -4.68. The van der Waals surface area contributed by atoms with Crippen molar-refractivity contribution in [2.24, 2.45) is 5.73 Å². The summed E-state index contributed by atoms with van der Waals surface area (Å²) in [6.07, 6.45) is 1.46. The number of esters is 1. The zero-order valence-corrected chi connectivity index (χ0v) is 24.6. The topological polar surface area (TPSA) is 173 Å². The van der Waals surface area contributed by atoms with E-state index in [0.29, 0.717) is 24.5 Å². The first-order valence-electron chi connectivity index (χ1n) is 13.8. The number of ether oxygens (including phenoxy) is 4. The van der Waals surface area contributed by atoms with E-state index >= 15 is 0 Å². The van der Waals surface area contributed by atoms with Gasteiger partial charge in [0.05, 0.1) is 13.2 Å². The molecule has 0 aromatic heterocycles. The predicted octanol–water partition coefficient (Wildman–Crippen LogP) is 4.40. The van der Waals surface area contributed by atoms with E-state index in [9.17, 15) is 19.0 Å². The van der Waals surface area contributed by atoms with Crippen molar-refractivity contribution in [1.82, 2.24) is 0 Å². The number of rotatable bonds is 16. The lowest BCUT2D eigenvalue weighted by atomic mass is 10.1. The highest BCUT2D eigenvalue weighted by Crippen LogP contribution is 2.45. The van der Waals surface area contributed by atoms with Crippen LogP contribution in [0.4, 0.5) is 0 Å². The van der Waals surface area contributed by atoms with Crippen molar-refractivity contribution < 1.29 is 52.1 Å². The fraction of sp³-hybridized carbons (Fsp3) is 0.290. The van der Waals surface area contributed by atoms with E-state index in [1.54, 1.807) is 6.08 Å². The number of carbonyl (C=O) groups is 2. The molecular weight excluding hydrogens is 593 g/mol. The number of aliphatic carboxylic acids is 1. The van der Waals surface area contributed by atoms with Crippen molar-refractivity contribution in [2.75, 3.05) is 19.8 Å². The van der Waals surface area contributed by atoms with Crippen LogP contribution in [-0.4, -0.2) is 60.0 Å². The van der Waals surface area contributed by atoms with Crippen LogP contribution in [0.25, 0.3) is 0 Å². The summed E-state index contributed by atoms with van der Waals surface area (Å²) in [6, 6.07) is 23.0. The number of nitrogens with two attached hydrogens (primary N) is 1. The van der Waals surface area contributed by atoms with Gasteiger partial charge >= 0.3 is 19.8 Å².